The van der Waals surface area contributed by atoms with Gasteiger partial charge in [0, 0.05) is 10.9 Å². The molecule has 0 spiro atoms. The Kier molecular flexibility index (Phi) is 6.52. The molecule has 1 aromatic heterocycles. The molecule has 29 heavy (non-hydrogen) atoms. The zero-order valence-corrected chi connectivity index (χ0v) is 18.0. The van der Waals surface area contributed by atoms with Crippen LogP contribution in [0.3, 0.4) is 0 Å². The van der Waals surface area contributed by atoms with Crippen molar-refractivity contribution in [3.8, 4) is 17.2 Å². The van der Waals surface area contributed by atoms with Gasteiger partial charge in [0.25, 0.3) is 0 Å². The van der Waals surface area contributed by atoms with Crippen LogP contribution >= 0.6 is 34.8 Å². The molecule has 3 rings (SSSR count). The van der Waals surface area contributed by atoms with E-state index in [0.29, 0.717) is 34.1 Å². The first kappa shape index (κ1) is 21.2. The van der Waals surface area contributed by atoms with E-state index < -0.39 is 3.79 Å². The summed E-state index contributed by atoms with van der Waals surface area (Å²) < 4.78 is 14.2. The van der Waals surface area contributed by atoms with Gasteiger partial charge in [-0.05, 0) is 24.3 Å². The molecule has 10 heteroatoms. The first-order valence-electron chi connectivity index (χ1n) is 8.30. The molecule has 0 aliphatic heterocycles. The fourth-order valence-corrected chi connectivity index (χ4v) is 2.89. The van der Waals surface area contributed by atoms with Gasteiger partial charge in [0.1, 0.15) is 0 Å². The lowest BCUT2D eigenvalue weighted by Crippen LogP contribution is -2.09. The predicted molar refractivity (Wildman–Crippen MR) is 116 cm³/mol. The Bertz CT molecular complexity index is 1030. The van der Waals surface area contributed by atoms with Crippen molar-refractivity contribution < 1.29 is 14.2 Å². The van der Waals surface area contributed by atoms with Gasteiger partial charge in [-0.1, -0.05) is 46.9 Å². The lowest BCUT2D eigenvalue weighted by molar-refractivity contribution is 0.324. The lowest BCUT2D eigenvalue weighted by Gasteiger charge is -2.13. The van der Waals surface area contributed by atoms with E-state index in [1.807, 2.05) is 18.2 Å². The summed E-state index contributed by atoms with van der Waals surface area (Å²) in [5.74, 6) is 1.97. The van der Waals surface area contributed by atoms with Crippen LogP contribution in [0.25, 0.3) is 10.9 Å². The summed E-state index contributed by atoms with van der Waals surface area (Å²) in [5, 5.41) is 4.97. The number of alkyl halides is 3. The molecule has 0 bridgehead atoms. The summed E-state index contributed by atoms with van der Waals surface area (Å²) in [6.45, 7) is 0. The largest absolute Gasteiger partial charge is 0.493 e. The highest BCUT2D eigenvalue weighted by atomic mass is 35.6. The van der Waals surface area contributed by atoms with E-state index in [-0.39, 0.29) is 5.82 Å². The third-order valence-corrected chi connectivity index (χ3v) is 4.43. The van der Waals surface area contributed by atoms with Gasteiger partial charge in [0.15, 0.2) is 23.1 Å². The lowest BCUT2D eigenvalue weighted by atomic mass is 10.2. The molecule has 0 saturated carbocycles. The van der Waals surface area contributed by atoms with E-state index in [0.717, 1.165) is 5.39 Å². The first-order valence-corrected chi connectivity index (χ1v) is 9.43. The second-order valence-electron chi connectivity index (χ2n) is 5.74. The summed E-state index contributed by atoms with van der Waals surface area (Å²) in [4.78, 5) is 8.59. The van der Waals surface area contributed by atoms with E-state index in [9.17, 15) is 0 Å². The van der Waals surface area contributed by atoms with E-state index in [1.165, 1.54) is 7.11 Å². The van der Waals surface area contributed by atoms with Crippen molar-refractivity contribution in [3.05, 3.63) is 47.8 Å². The molecule has 7 nitrogen and oxygen atoms in total. The van der Waals surface area contributed by atoms with E-state index >= 15 is 0 Å². The van der Waals surface area contributed by atoms with E-state index in [2.05, 4.69) is 20.5 Å². The number of fused-ring (bicyclic) bond motifs is 1. The SMILES string of the molecule is COc1cc(C=NNc2nc(C(Cl)(Cl)Cl)nc3ccccc23)cc(OC)c1OC. The second kappa shape index (κ2) is 8.90. The number of ether oxygens (including phenoxy) is 3. The average molecular weight is 456 g/mol. The summed E-state index contributed by atoms with van der Waals surface area (Å²) in [6, 6.07) is 10.9. The molecule has 0 aliphatic carbocycles. The van der Waals surface area contributed by atoms with Gasteiger partial charge >= 0.3 is 0 Å². The summed E-state index contributed by atoms with van der Waals surface area (Å²) in [6.07, 6.45) is 1.58. The minimum Gasteiger partial charge on any atom is -0.493 e. The highest BCUT2D eigenvalue weighted by Gasteiger charge is 2.28. The number of hydrazone groups is 1. The van der Waals surface area contributed by atoms with Crippen LogP contribution in [0.4, 0.5) is 5.82 Å². The summed E-state index contributed by atoms with van der Waals surface area (Å²) >= 11 is 17.9. The number of benzene rings is 2. The number of anilines is 1. The third kappa shape index (κ3) is 4.75. The Balaban J connectivity index is 1.95. The third-order valence-electron chi connectivity index (χ3n) is 3.93. The van der Waals surface area contributed by atoms with Crippen molar-refractivity contribution in [1.29, 1.82) is 0 Å². The molecule has 1 N–H and O–H groups in total. The van der Waals surface area contributed by atoms with Crippen LogP contribution in [0.5, 0.6) is 17.2 Å². The number of nitrogens with one attached hydrogen (secondary N) is 1. The van der Waals surface area contributed by atoms with Gasteiger partial charge in [-0.15, -0.1) is 0 Å². The maximum absolute atomic E-state index is 5.96. The molecule has 3 aromatic rings. The Hall–Kier alpha value is -2.48. The van der Waals surface area contributed by atoms with Crippen molar-refractivity contribution in [1.82, 2.24) is 9.97 Å². The zero-order chi connectivity index (χ0) is 21.0. The van der Waals surface area contributed by atoms with Crippen LogP contribution in [-0.4, -0.2) is 37.5 Å². The fraction of sp³-hybridized carbons (Fsp3) is 0.211. The van der Waals surface area contributed by atoms with Crippen LogP contribution in [0.15, 0.2) is 41.5 Å². The van der Waals surface area contributed by atoms with Crippen LogP contribution in [0, 0.1) is 0 Å². The molecule has 0 saturated heterocycles. The summed E-state index contributed by atoms with van der Waals surface area (Å²) in [5.41, 5.74) is 4.22. The number of hydrogen-bond donors (Lipinski definition) is 1. The van der Waals surface area contributed by atoms with Crippen LogP contribution in [-0.2, 0) is 3.79 Å². The van der Waals surface area contributed by atoms with Gasteiger partial charge in [-0.2, -0.15) is 5.10 Å². The quantitative estimate of drug-likeness (QED) is 0.323. The number of nitrogens with zero attached hydrogens (tertiary/aromatic N) is 3. The number of halogens is 3. The van der Waals surface area contributed by atoms with Crippen LogP contribution < -0.4 is 19.6 Å². The monoisotopic (exact) mass is 454 g/mol. The number of hydrogen-bond acceptors (Lipinski definition) is 7. The topological polar surface area (TPSA) is 77.9 Å². The average Bonchev–Trinajstić information content (AvgIpc) is 2.72. The maximum atomic E-state index is 5.96. The van der Waals surface area contributed by atoms with Crippen molar-refractivity contribution in [2.45, 2.75) is 3.79 Å². The highest BCUT2D eigenvalue weighted by molar-refractivity contribution is 6.66. The molecule has 0 amide bonds. The first-order chi connectivity index (χ1) is 13.9. The predicted octanol–water partition coefficient (Wildman–Crippen LogP) is 4.93. The van der Waals surface area contributed by atoms with Crippen molar-refractivity contribution in [2.75, 3.05) is 26.8 Å². The minimum atomic E-state index is -1.76. The molecule has 0 atom stereocenters. The van der Waals surface area contributed by atoms with Crippen molar-refractivity contribution >= 4 is 57.7 Å². The van der Waals surface area contributed by atoms with Crippen molar-refractivity contribution in [3.63, 3.8) is 0 Å². The van der Waals surface area contributed by atoms with Crippen molar-refractivity contribution in [2.24, 2.45) is 5.10 Å². The molecular formula is C19H17Cl3N4O3. The smallest absolute Gasteiger partial charge is 0.250 e. The summed E-state index contributed by atoms with van der Waals surface area (Å²) in [7, 11) is 4.63. The van der Waals surface area contributed by atoms with E-state index in [1.54, 1.807) is 38.6 Å². The fourth-order valence-electron chi connectivity index (χ4n) is 2.63. The minimum absolute atomic E-state index is 0.0479. The standard InChI is InChI=1S/C19H17Cl3N4O3/c1-27-14-8-11(9-15(28-2)16(14)29-3)10-23-26-17-12-6-4-5-7-13(12)24-18(25-17)19(20,21)22/h4-10H,1-3H3,(H,24,25,26). The molecule has 152 valence electrons. The van der Waals surface area contributed by atoms with E-state index in [4.69, 9.17) is 49.0 Å². The normalized spacial score (nSPS) is 11.7. The van der Waals surface area contributed by atoms with Gasteiger partial charge in [0.05, 0.1) is 33.1 Å². The molecular weight excluding hydrogens is 439 g/mol. The molecule has 2 aromatic carbocycles. The Morgan fingerprint density at radius 3 is 2.21 bits per heavy atom. The Morgan fingerprint density at radius 1 is 0.966 bits per heavy atom. The molecule has 0 radical (unpaired) electrons. The number of rotatable bonds is 6. The number of methoxy groups -OCH3 is 3. The maximum Gasteiger partial charge on any atom is 0.250 e. The molecule has 0 fully saturated rings. The number of aromatic nitrogens is 2. The molecule has 1 heterocycles. The van der Waals surface area contributed by atoms with Gasteiger partial charge < -0.3 is 14.2 Å². The van der Waals surface area contributed by atoms with Crippen LogP contribution in [0.1, 0.15) is 11.4 Å². The Labute approximate surface area is 182 Å². The van der Waals surface area contributed by atoms with Gasteiger partial charge in [-0.3, -0.25) is 5.43 Å². The molecule has 0 unspecified atom stereocenters. The second-order valence-corrected chi connectivity index (χ2v) is 8.02. The highest BCUT2D eigenvalue weighted by Crippen LogP contribution is 2.38. The zero-order valence-electron chi connectivity index (χ0n) is 15.7. The van der Waals surface area contributed by atoms with Crippen LogP contribution in [0.2, 0.25) is 0 Å². The Morgan fingerprint density at radius 2 is 1.62 bits per heavy atom. The van der Waals surface area contributed by atoms with Gasteiger partial charge in [0.2, 0.25) is 9.54 Å². The van der Waals surface area contributed by atoms with Gasteiger partial charge in [-0.25, -0.2) is 9.97 Å². The number of para-hydroxylation sites is 1. The molecule has 0 aliphatic rings.